The normalized spacial score (nSPS) is 10.6. The van der Waals surface area contributed by atoms with Gasteiger partial charge in [0.1, 0.15) is 5.82 Å². The van der Waals surface area contributed by atoms with Gasteiger partial charge in [0.05, 0.1) is 17.9 Å². The van der Waals surface area contributed by atoms with Crippen molar-refractivity contribution in [2.24, 2.45) is 0 Å². The SMILES string of the molecule is Cc1nccn1-c1ncccc1NCc1csnn1. The second-order valence-corrected chi connectivity index (χ2v) is 4.58. The number of aromatic nitrogens is 5. The summed E-state index contributed by atoms with van der Waals surface area (Å²) in [6.07, 6.45) is 5.43. The van der Waals surface area contributed by atoms with Crippen LogP contribution in [0.1, 0.15) is 11.5 Å². The Morgan fingerprint density at radius 1 is 1.32 bits per heavy atom. The minimum absolute atomic E-state index is 0.628. The summed E-state index contributed by atoms with van der Waals surface area (Å²) in [6.45, 7) is 2.58. The molecule has 0 aliphatic carbocycles. The highest BCUT2D eigenvalue weighted by atomic mass is 32.1. The summed E-state index contributed by atoms with van der Waals surface area (Å²) in [4.78, 5) is 8.63. The summed E-state index contributed by atoms with van der Waals surface area (Å²) in [5.41, 5.74) is 1.86. The summed E-state index contributed by atoms with van der Waals surface area (Å²) < 4.78 is 5.79. The molecule has 3 rings (SSSR count). The van der Waals surface area contributed by atoms with E-state index in [1.807, 2.05) is 35.2 Å². The van der Waals surface area contributed by atoms with Gasteiger partial charge >= 0.3 is 0 Å². The number of nitrogens with zero attached hydrogens (tertiary/aromatic N) is 5. The maximum Gasteiger partial charge on any atom is 0.161 e. The Balaban J connectivity index is 1.88. The van der Waals surface area contributed by atoms with Gasteiger partial charge in [0.2, 0.25) is 0 Å². The number of pyridine rings is 1. The zero-order valence-electron chi connectivity index (χ0n) is 10.3. The van der Waals surface area contributed by atoms with E-state index in [-0.39, 0.29) is 0 Å². The standard InChI is InChI=1S/C12H12N6S/c1-9-13-5-6-18(9)12-11(3-2-4-14-12)15-7-10-8-19-17-16-10/h2-6,8,15H,7H2,1H3. The molecule has 0 saturated carbocycles. The van der Waals surface area contributed by atoms with Crippen molar-refractivity contribution in [2.75, 3.05) is 5.32 Å². The fourth-order valence-corrected chi connectivity index (χ4v) is 2.23. The average molecular weight is 272 g/mol. The van der Waals surface area contributed by atoms with Crippen LogP contribution in [-0.4, -0.2) is 24.1 Å². The summed E-state index contributed by atoms with van der Waals surface area (Å²) in [5.74, 6) is 1.73. The molecule has 96 valence electrons. The molecule has 0 atom stereocenters. The Labute approximate surface area is 114 Å². The van der Waals surface area contributed by atoms with E-state index in [4.69, 9.17) is 0 Å². The minimum atomic E-state index is 0.628. The lowest BCUT2D eigenvalue weighted by Crippen LogP contribution is -2.07. The van der Waals surface area contributed by atoms with Crippen molar-refractivity contribution in [3.63, 3.8) is 0 Å². The third-order valence-electron chi connectivity index (χ3n) is 2.71. The van der Waals surface area contributed by atoms with Gasteiger partial charge in [-0.15, -0.1) is 5.10 Å². The first-order valence-electron chi connectivity index (χ1n) is 5.80. The van der Waals surface area contributed by atoms with Crippen molar-refractivity contribution in [1.29, 1.82) is 0 Å². The van der Waals surface area contributed by atoms with E-state index < -0.39 is 0 Å². The first-order valence-corrected chi connectivity index (χ1v) is 6.63. The molecule has 3 aromatic rings. The van der Waals surface area contributed by atoms with Gasteiger partial charge in [-0.3, -0.25) is 4.57 Å². The van der Waals surface area contributed by atoms with Crippen LogP contribution in [0.3, 0.4) is 0 Å². The molecule has 0 unspecified atom stereocenters. The van der Waals surface area contributed by atoms with Gasteiger partial charge in [0, 0.05) is 24.0 Å². The van der Waals surface area contributed by atoms with E-state index in [0.29, 0.717) is 6.54 Å². The third-order valence-corrected chi connectivity index (χ3v) is 3.26. The van der Waals surface area contributed by atoms with Crippen LogP contribution >= 0.6 is 11.5 Å². The van der Waals surface area contributed by atoms with Crippen LogP contribution in [0, 0.1) is 6.92 Å². The second kappa shape index (κ2) is 5.15. The summed E-state index contributed by atoms with van der Waals surface area (Å²) in [5, 5.41) is 9.25. The van der Waals surface area contributed by atoms with E-state index in [9.17, 15) is 0 Å². The lowest BCUT2D eigenvalue weighted by Gasteiger charge is -2.11. The van der Waals surface area contributed by atoms with Crippen LogP contribution in [0.4, 0.5) is 5.69 Å². The quantitative estimate of drug-likeness (QED) is 0.787. The monoisotopic (exact) mass is 272 g/mol. The Hall–Kier alpha value is -2.28. The summed E-state index contributed by atoms with van der Waals surface area (Å²) >= 11 is 1.35. The summed E-state index contributed by atoms with van der Waals surface area (Å²) in [7, 11) is 0. The Bertz CT molecular complexity index is 660. The smallest absolute Gasteiger partial charge is 0.161 e. The lowest BCUT2D eigenvalue weighted by molar-refractivity contribution is 0.924. The second-order valence-electron chi connectivity index (χ2n) is 3.97. The molecule has 0 aliphatic heterocycles. The van der Waals surface area contributed by atoms with Gasteiger partial charge in [-0.2, -0.15) is 0 Å². The molecule has 3 heterocycles. The molecule has 0 fully saturated rings. The number of aryl methyl sites for hydroxylation is 1. The number of hydrogen-bond donors (Lipinski definition) is 1. The van der Waals surface area contributed by atoms with Crippen molar-refractivity contribution < 1.29 is 0 Å². The molecule has 19 heavy (non-hydrogen) atoms. The molecule has 1 N–H and O–H groups in total. The molecular weight excluding hydrogens is 260 g/mol. The molecule has 0 aromatic carbocycles. The highest BCUT2D eigenvalue weighted by Gasteiger charge is 2.08. The fourth-order valence-electron chi connectivity index (χ4n) is 1.78. The van der Waals surface area contributed by atoms with Gasteiger partial charge in [-0.05, 0) is 30.6 Å². The zero-order chi connectivity index (χ0) is 13.1. The van der Waals surface area contributed by atoms with E-state index >= 15 is 0 Å². The van der Waals surface area contributed by atoms with Crippen LogP contribution in [0.25, 0.3) is 5.82 Å². The van der Waals surface area contributed by atoms with Gasteiger partial charge in [-0.25, -0.2) is 9.97 Å². The first-order chi connectivity index (χ1) is 9.34. The number of imidazole rings is 1. The molecule has 0 radical (unpaired) electrons. The minimum Gasteiger partial charge on any atom is -0.376 e. The van der Waals surface area contributed by atoms with Crippen LogP contribution in [-0.2, 0) is 6.54 Å². The number of anilines is 1. The van der Waals surface area contributed by atoms with Gasteiger partial charge in [0.15, 0.2) is 5.82 Å². The number of rotatable bonds is 4. The summed E-state index contributed by atoms with van der Waals surface area (Å²) in [6, 6.07) is 3.89. The highest BCUT2D eigenvalue weighted by Crippen LogP contribution is 2.19. The van der Waals surface area contributed by atoms with E-state index in [1.54, 1.807) is 12.4 Å². The molecular formula is C12H12N6S. The Kier molecular flexibility index (Phi) is 3.20. The van der Waals surface area contributed by atoms with E-state index in [0.717, 1.165) is 23.0 Å². The van der Waals surface area contributed by atoms with E-state index in [1.165, 1.54) is 11.5 Å². The Morgan fingerprint density at radius 3 is 3.00 bits per heavy atom. The molecule has 6 nitrogen and oxygen atoms in total. The van der Waals surface area contributed by atoms with Crippen LogP contribution < -0.4 is 5.32 Å². The maximum absolute atomic E-state index is 4.41. The first kappa shape index (κ1) is 11.8. The van der Waals surface area contributed by atoms with Crippen LogP contribution in [0.5, 0.6) is 0 Å². The van der Waals surface area contributed by atoms with Crippen molar-refractivity contribution in [1.82, 2.24) is 24.1 Å². The molecule has 3 aromatic heterocycles. The predicted molar refractivity (Wildman–Crippen MR) is 73.3 cm³/mol. The topological polar surface area (TPSA) is 68.5 Å². The van der Waals surface area contributed by atoms with Gasteiger partial charge < -0.3 is 5.32 Å². The predicted octanol–water partition coefficient (Wildman–Crippen LogP) is 2.04. The van der Waals surface area contributed by atoms with Crippen molar-refractivity contribution in [2.45, 2.75) is 13.5 Å². The molecule has 0 amide bonds. The van der Waals surface area contributed by atoms with Crippen LogP contribution in [0.15, 0.2) is 36.1 Å². The zero-order valence-corrected chi connectivity index (χ0v) is 11.1. The average Bonchev–Trinajstić information content (AvgIpc) is 3.08. The Morgan fingerprint density at radius 2 is 2.26 bits per heavy atom. The van der Waals surface area contributed by atoms with Crippen molar-refractivity contribution >= 4 is 17.2 Å². The van der Waals surface area contributed by atoms with Gasteiger partial charge in [-0.1, -0.05) is 4.49 Å². The van der Waals surface area contributed by atoms with E-state index in [2.05, 4.69) is 24.9 Å². The molecule has 0 aliphatic rings. The molecule has 0 spiro atoms. The third kappa shape index (κ3) is 2.45. The molecule has 0 saturated heterocycles. The van der Waals surface area contributed by atoms with Crippen molar-refractivity contribution in [3.8, 4) is 5.82 Å². The fraction of sp³-hybridized carbons (Fsp3) is 0.167. The lowest BCUT2D eigenvalue weighted by atomic mass is 10.3. The maximum atomic E-state index is 4.41. The molecule has 0 bridgehead atoms. The number of hydrogen-bond acceptors (Lipinski definition) is 6. The van der Waals surface area contributed by atoms with Crippen LogP contribution in [0.2, 0.25) is 0 Å². The largest absolute Gasteiger partial charge is 0.376 e. The molecule has 7 heteroatoms. The van der Waals surface area contributed by atoms with Crippen molar-refractivity contribution in [3.05, 3.63) is 47.6 Å². The number of nitrogens with one attached hydrogen (secondary N) is 1. The van der Waals surface area contributed by atoms with Gasteiger partial charge in [0.25, 0.3) is 0 Å². The highest BCUT2D eigenvalue weighted by molar-refractivity contribution is 7.03.